The Labute approximate surface area is 855 Å². The van der Waals surface area contributed by atoms with E-state index in [1.807, 2.05) is 90.6 Å². The molecule has 18 aromatic rings. The largest absolute Gasteiger partial charge is 0.494 e. The van der Waals surface area contributed by atoms with Crippen LogP contribution >= 0.6 is 47.6 Å². The molecule has 3 saturated heterocycles. The van der Waals surface area contributed by atoms with Gasteiger partial charge in [0, 0.05) is 101 Å². The molecule has 5 aliphatic rings. The van der Waals surface area contributed by atoms with Crippen molar-refractivity contribution in [3.63, 3.8) is 0 Å². The molecule has 9 heterocycles. The Morgan fingerprint density at radius 3 is 0.858 bits per heavy atom. The molecule has 0 spiro atoms. The van der Waals surface area contributed by atoms with Gasteiger partial charge in [-0.1, -0.05) is 364 Å². The molecule has 0 unspecified atom stereocenters. The summed E-state index contributed by atoms with van der Waals surface area (Å²) < 4.78 is 29.3. The van der Waals surface area contributed by atoms with E-state index in [0.717, 1.165) is 51.6 Å². The zero-order valence-electron chi connectivity index (χ0n) is 79.8. The molecular formula is C118H114BBrN10O6P4Pd. The number of nitrogens with one attached hydrogen (secondary N) is 2. The van der Waals surface area contributed by atoms with Crippen LogP contribution in [0.3, 0.4) is 0 Å². The third-order valence-corrected chi connectivity index (χ3v) is 35.4. The Hall–Kier alpha value is -12.4. The van der Waals surface area contributed by atoms with Gasteiger partial charge in [-0.2, -0.15) is 0 Å². The van der Waals surface area contributed by atoms with E-state index in [0.29, 0.717) is 54.4 Å². The van der Waals surface area contributed by atoms with Gasteiger partial charge in [-0.15, -0.1) is 0 Å². The first-order valence-corrected chi connectivity index (χ1v) is 53.9. The van der Waals surface area contributed by atoms with E-state index in [2.05, 4.69) is 425 Å². The maximum absolute atomic E-state index is 11.6. The Morgan fingerprint density at radius 1 is 0.362 bits per heavy atom. The summed E-state index contributed by atoms with van der Waals surface area (Å²) in [5, 5.41) is 22.5. The van der Waals surface area contributed by atoms with Crippen molar-refractivity contribution in [1.82, 2.24) is 49.7 Å². The molecule has 12 aromatic carbocycles. The summed E-state index contributed by atoms with van der Waals surface area (Å²) in [6.07, 6.45) is 16.3. The van der Waals surface area contributed by atoms with Gasteiger partial charge in [0.1, 0.15) is 27.8 Å². The number of hydrogen-bond acceptors (Lipinski definition) is 12. The van der Waals surface area contributed by atoms with Crippen LogP contribution < -0.4 is 89.2 Å². The number of amides is 2. The second-order valence-corrected chi connectivity index (χ2v) is 45.4. The van der Waals surface area contributed by atoms with Gasteiger partial charge >= 0.3 is 7.12 Å². The molecule has 23 heteroatoms. The number of aromatic nitrogens is 8. The number of benzene rings is 12. The normalized spacial score (nSPS) is 15.7. The van der Waals surface area contributed by atoms with Crippen molar-refractivity contribution in [1.29, 1.82) is 0 Å². The first-order chi connectivity index (χ1) is 68.5. The zero-order chi connectivity index (χ0) is 96.4. The van der Waals surface area contributed by atoms with Crippen LogP contribution in [0.5, 0.6) is 11.8 Å². The van der Waals surface area contributed by atoms with Crippen LogP contribution in [0.4, 0.5) is 0 Å². The second-order valence-electron chi connectivity index (χ2n) is 35.7. The Kier molecular flexibility index (Phi) is 35.9. The van der Waals surface area contributed by atoms with Crippen LogP contribution in [0.1, 0.15) is 92.2 Å². The average molecular weight is 2090 g/mol. The van der Waals surface area contributed by atoms with Gasteiger partial charge in [-0.3, -0.25) is 19.6 Å². The minimum absolute atomic E-state index is 0. The fourth-order valence-electron chi connectivity index (χ4n) is 16.8. The number of carbonyl (C=O) groups excluding carboxylic acids is 2. The maximum Gasteiger partial charge on any atom is 0.494 e. The second kappa shape index (κ2) is 49.8. The number of pyridine rings is 4. The molecule has 712 valence electrons. The van der Waals surface area contributed by atoms with Gasteiger partial charge in [-0.05, 0) is 220 Å². The van der Waals surface area contributed by atoms with Crippen molar-refractivity contribution in [2.45, 2.75) is 116 Å². The van der Waals surface area contributed by atoms with Crippen LogP contribution in [0.2, 0.25) is 0 Å². The summed E-state index contributed by atoms with van der Waals surface area (Å²) >= 11 is 3.42. The molecule has 6 aromatic heterocycles. The number of ether oxygens (including phenoxy) is 2. The van der Waals surface area contributed by atoms with E-state index < -0.39 is 31.7 Å². The van der Waals surface area contributed by atoms with Gasteiger partial charge in [0.05, 0.1) is 40.6 Å². The van der Waals surface area contributed by atoms with E-state index in [-0.39, 0.29) is 74.6 Å². The fourth-order valence-corrected chi connectivity index (χ4v) is 26.4. The number of carbonyl (C=O) groups is 2. The monoisotopic (exact) mass is 2090 g/mol. The Morgan fingerprint density at radius 2 is 0.610 bits per heavy atom. The van der Waals surface area contributed by atoms with Crippen molar-refractivity contribution in [2.24, 2.45) is 11.8 Å². The molecule has 4 atom stereocenters. The summed E-state index contributed by atoms with van der Waals surface area (Å²) in [5.74, 6) is 1.70. The molecule has 2 N–H and O–H groups in total. The van der Waals surface area contributed by atoms with Gasteiger partial charge in [0.25, 0.3) is 0 Å². The van der Waals surface area contributed by atoms with E-state index in [4.69, 9.17) is 23.8 Å². The summed E-state index contributed by atoms with van der Waals surface area (Å²) in [7, 11) is -2.06. The molecule has 2 aliphatic carbocycles. The van der Waals surface area contributed by atoms with Gasteiger partial charge in [0.2, 0.25) is 23.6 Å². The Balaban J connectivity index is 0.000000119. The van der Waals surface area contributed by atoms with Crippen molar-refractivity contribution in [2.75, 3.05) is 13.1 Å². The molecule has 3 aliphatic heterocycles. The van der Waals surface area contributed by atoms with Crippen LogP contribution in [-0.4, -0.2) is 94.5 Å². The minimum atomic E-state index is -0.446. The van der Waals surface area contributed by atoms with Crippen molar-refractivity contribution < 1.29 is 48.8 Å². The minimum Gasteiger partial charge on any atom is -0.473 e. The predicted molar refractivity (Wildman–Crippen MR) is 585 cm³/mol. The number of hydrogen-bond donors (Lipinski definition) is 2. The van der Waals surface area contributed by atoms with Gasteiger partial charge in [-0.25, -0.2) is 19.9 Å². The predicted octanol–water partition coefficient (Wildman–Crippen LogP) is 20.3. The van der Waals surface area contributed by atoms with Crippen LogP contribution in [-0.2, 0) is 39.3 Å². The smallest absolute Gasteiger partial charge is 0.473 e. The van der Waals surface area contributed by atoms with Gasteiger partial charge < -0.3 is 38.6 Å². The molecule has 141 heavy (non-hydrogen) atoms. The summed E-state index contributed by atoms with van der Waals surface area (Å²) in [5.41, 5.74) is 5.92. The molecule has 0 radical (unpaired) electrons. The third-order valence-electron chi connectivity index (χ3n) is 25.2. The van der Waals surface area contributed by atoms with Crippen molar-refractivity contribution in [3.8, 4) is 23.0 Å². The number of imidazole rings is 2. The average Bonchev–Trinajstić information content (AvgIpc) is 1.62. The summed E-state index contributed by atoms with van der Waals surface area (Å²) in [6.45, 7) is 13.5. The van der Waals surface area contributed by atoms with E-state index in [9.17, 15) is 9.59 Å². The third kappa shape index (κ3) is 27.1. The van der Waals surface area contributed by atoms with Crippen molar-refractivity contribution in [3.05, 3.63) is 442 Å². The number of rotatable bonds is 22. The van der Waals surface area contributed by atoms with Crippen LogP contribution in [0.15, 0.2) is 442 Å². The van der Waals surface area contributed by atoms with E-state index in [1.165, 1.54) is 76.5 Å². The van der Waals surface area contributed by atoms with E-state index >= 15 is 0 Å². The first-order valence-electron chi connectivity index (χ1n) is 47.8. The quantitative estimate of drug-likeness (QED) is 0.0373. The fraction of sp³-hybridized carbons (Fsp3) is 0.186. The molecule has 2 amide bonds. The van der Waals surface area contributed by atoms with Crippen molar-refractivity contribution >= 4 is 158 Å². The first kappa shape index (κ1) is 102. The number of fused-ring (bicyclic) bond motifs is 2. The topological polar surface area (TPSA) is 182 Å². The standard InChI is InChI=1S/C20H21N5O2.4C18H15P.C15H17BrN4O2.C11H16BNO2.Pd/c1-12(14-8-18(26)22-10-14)27-20-19-17(23-11-25(19)15-2-3-15)9-16(24-20)13-4-6-21-7-5-13;4*1-4-10-16(11-5-1)19(17-12-6-2-7-13-17)18-14-8-3-9-15-18;1-8(9-4-13(21)17-6-9)22-15-14-11(5-12(16)19-15)18-7-20(14)10-2-3-10;1-10(2)11(3,4)15-12(14-10)9-5-7-13-8-6-9;/h4-7,9,11-12,14-15H,2-3,8,10H2,1H3,(H,22,26);4*1-15H;5,7-10H,2-4,6H2,1H3,(H,17,21);5-8H,1-4H3;/t12-,14-;;;;;8-,9-;;/m1....1../s1. The number of halogens is 1. The molecule has 5 fully saturated rings. The maximum atomic E-state index is 11.6. The van der Waals surface area contributed by atoms with E-state index in [1.54, 1.807) is 24.8 Å². The molecular weight excluding hydrogens is 1970 g/mol. The summed E-state index contributed by atoms with van der Waals surface area (Å²) in [6, 6.07) is 142. The van der Waals surface area contributed by atoms with Crippen LogP contribution in [0.25, 0.3) is 33.3 Å². The molecule has 23 rings (SSSR count). The van der Waals surface area contributed by atoms with Crippen LogP contribution in [0, 0.1) is 11.8 Å². The number of nitrogens with zero attached hydrogens (tertiary/aromatic N) is 8. The molecule has 2 saturated carbocycles. The molecule has 16 nitrogen and oxygen atoms in total. The van der Waals surface area contributed by atoms with Gasteiger partial charge in [0.15, 0.2) is 0 Å². The Bertz CT molecular complexity index is 6050. The zero-order valence-corrected chi connectivity index (χ0v) is 86.5. The SMILES string of the molecule is CC1(C)OB(c2ccncc2)OC1(C)C.C[C@@H](Oc1nc(-c2ccncc2)cc2ncn(C3CC3)c12)[C@H]1CNC(=O)C1.C[C@@H](Oc1nc(Br)cc2ncn(C3CC3)c12)[C@H]1CNC(=O)C1.[Pd].c1ccc(P(c2ccccc2)c2ccccc2)cc1.c1ccc(P(c2ccccc2)c2ccccc2)cc1.c1ccc(P(c2ccccc2)c2ccccc2)cc1.c1ccc(P(c2ccccc2)c2ccccc2)cc1. The molecule has 0 bridgehead atoms. The summed E-state index contributed by atoms with van der Waals surface area (Å²) in [4.78, 5) is 49.4.